The third-order valence-electron chi connectivity index (χ3n) is 4.97. The summed E-state index contributed by atoms with van der Waals surface area (Å²) in [5, 5.41) is 4.30. The summed E-state index contributed by atoms with van der Waals surface area (Å²) in [4.78, 5) is 40.2. The fourth-order valence-corrected chi connectivity index (χ4v) is 3.59. The summed E-state index contributed by atoms with van der Waals surface area (Å²) in [5.74, 6) is 0.262. The van der Waals surface area contributed by atoms with Crippen molar-refractivity contribution in [2.24, 2.45) is 5.92 Å². The molecule has 2 heterocycles. The molecule has 0 radical (unpaired) electrons. The number of pyridine rings is 1. The van der Waals surface area contributed by atoms with Gasteiger partial charge in [-0.1, -0.05) is 18.2 Å². The molecule has 0 spiro atoms. The largest absolute Gasteiger partial charge is 0.328 e. The molecule has 2 aromatic rings. The van der Waals surface area contributed by atoms with Crippen LogP contribution in [0.2, 0.25) is 0 Å². The highest BCUT2D eigenvalue weighted by Gasteiger charge is 2.32. The Kier molecular flexibility index (Phi) is 3.52. The fraction of sp³-hybridized carbons (Fsp3) is 0.333. The minimum atomic E-state index is -0.407. The second kappa shape index (κ2) is 5.70. The predicted molar refractivity (Wildman–Crippen MR) is 88.8 cm³/mol. The van der Waals surface area contributed by atoms with Gasteiger partial charge in [0.25, 0.3) is 0 Å². The second-order valence-electron chi connectivity index (χ2n) is 6.42. The lowest BCUT2D eigenvalue weighted by Crippen LogP contribution is -2.49. The molecular weight excluding hydrogens is 306 g/mol. The lowest BCUT2D eigenvalue weighted by atomic mass is 9.71. The predicted octanol–water partition coefficient (Wildman–Crippen LogP) is 2.37. The Hall–Kier alpha value is -2.76. The Balaban J connectivity index is 1.74. The third-order valence-corrected chi connectivity index (χ3v) is 4.97. The van der Waals surface area contributed by atoms with Crippen molar-refractivity contribution in [1.82, 2.24) is 10.3 Å². The van der Waals surface area contributed by atoms with Crippen LogP contribution in [-0.4, -0.2) is 29.8 Å². The summed E-state index contributed by atoms with van der Waals surface area (Å²) < 4.78 is 0. The minimum absolute atomic E-state index is 0.153. The van der Waals surface area contributed by atoms with Gasteiger partial charge in [0, 0.05) is 35.9 Å². The van der Waals surface area contributed by atoms with Gasteiger partial charge >= 0.3 is 6.03 Å². The number of aromatic nitrogens is 1. The van der Waals surface area contributed by atoms with Crippen molar-refractivity contribution in [3.63, 3.8) is 0 Å². The van der Waals surface area contributed by atoms with Crippen LogP contribution in [0.3, 0.4) is 0 Å². The zero-order valence-electron chi connectivity index (χ0n) is 13.1. The summed E-state index contributed by atoms with van der Waals surface area (Å²) in [6, 6.07) is 5.60. The van der Waals surface area contributed by atoms with E-state index < -0.39 is 6.03 Å². The quantitative estimate of drug-likeness (QED) is 0.880. The van der Waals surface area contributed by atoms with Crippen LogP contribution in [0, 0.1) is 5.92 Å². The van der Waals surface area contributed by atoms with Crippen molar-refractivity contribution in [3.05, 3.63) is 36.2 Å². The standard InChI is InChI=1S/C18H17N3O3/c22-10-11-6-12(7-11)13-2-1-3-14-15(13)8-19-9-16(14)21-5-4-17(23)20-18(21)24/h1-3,8-12H,4-7H2,(H,20,23,24)/t11-,12+. The van der Waals surface area contributed by atoms with Gasteiger partial charge in [0.05, 0.1) is 11.9 Å². The Morgan fingerprint density at radius 3 is 2.75 bits per heavy atom. The van der Waals surface area contributed by atoms with Gasteiger partial charge in [0.2, 0.25) is 5.91 Å². The molecule has 6 nitrogen and oxygen atoms in total. The van der Waals surface area contributed by atoms with Gasteiger partial charge in [0.15, 0.2) is 0 Å². The summed E-state index contributed by atoms with van der Waals surface area (Å²) in [5.41, 5.74) is 1.89. The van der Waals surface area contributed by atoms with Crippen LogP contribution < -0.4 is 10.2 Å². The molecule has 1 saturated heterocycles. The minimum Gasteiger partial charge on any atom is -0.303 e. The number of amides is 3. The number of nitrogens with zero attached hydrogens (tertiary/aromatic N) is 2. The Labute approximate surface area is 138 Å². The first kappa shape index (κ1) is 14.8. The summed E-state index contributed by atoms with van der Waals surface area (Å²) >= 11 is 0. The van der Waals surface area contributed by atoms with E-state index in [4.69, 9.17) is 0 Å². The van der Waals surface area contributed by atoms with E-state index in [2.05, 4.69) is 16.4 Å². The number of aldehydes is 1. The number of benzene rings is 1. The van der Waals surface area contributed by atoms with Crippen LogP contribution in [0.5, 0.6) is 0 Å². The van der Waals surface area contributed by atoms with Crippen molar-refractivity contribution in [2.45, 2.75) is 25.2 Å². The van der Waals surface area contributed by atoms with E-state index in [0.29, 0.717) is 18.2 Å². The molecule has 1 aliphatic carbocycles. The number of fused-ring (bicyclic) bond motifs is 1. The molecule has 6 heteroatoms. The Morgan fingerprint density at radius 2 is 2.00 bits per heavy atom. The molecule has 1 N–H and O–H groups in total. The van der Waals surface area contributed by atoms with E-state index in [1.807, 2.05) is 18.3 Å². The second-order valence-corrected chi connectivity index (χ2v) is 6.42. The topological polar surface area (TPSA) is 79.4 Å². The van der Waals surface area contributed by atoms with Crippen LogP contribution >= 0.6 is 0 Å². The van der Waals surface area contributed by atoms with Crippen LogP contribution in [0.1, 0.15) is 30.7 Å². The maximum Gasteiger partial charge on any atom is 0.328 e. The van der Waals surface area contributed by atoms with E-state index in [9.17, 15) is 14.4 Å². The smallest absolute Gasteiger partial charge is 0.303 e. The van der Waals surface area contributed by atoms with Crippen molar-refractivity contribution in [3.8, 4) is 0 Å². The molecule has 0 bridgehead atoms. The summed E-state index contributed by atoms with van der Waals surface area (Å²) in [6.07, 6.45) is 6.52. The van der Waals surface area contributed by atoms with E-state index in [1.165, 1.54) is 5.56 Å². The Morgan fingerprint density at radius 1 is 1.17 bits per heavy atom. The van der Waals surface area contributed by atoms with Gasteiger partial charge in [-0.05, 0) is 24.3 Å². The first-order chi connectivity index (χ1) is 11.7. The molecular formula is C18H17N3O3. The van der Waals surface area contributed by atoms with Gasteiger partial charge in [-0.15, -0.1) is 0 Å². The Bertz CT molecular complexity index is 843. The lowest BCUT2D eigenvalue weighted by Gasteiger charge is -2.33. The number of anilines is 1. The molecule has 3 amide bonds. The molecule has 2 aliphatic rings. The molecule has 1 aromatic heterocycles. The highest BCUT2D eigenvalue weighted by molar-refractivity contribution is 6.10. The van der Waals surface area contributed by atoms with Gasteiger partial charge in [-0.25, -0.2) is 4.79 Å². The highest BCUT2D eigenvalue weighted by Crippen LogP contribution is 2.43. The summed E-state index contributed by atoms with van der Waals surface area (Å²) in [7, 11) is 0. The average Bonchev–Trinajstić information content (AvgIpc) is 2.54. The maximum atomic E-state index is 12.1. The normalized spacial score (nSPS) is 23.8. The number of nitrogens with one attached hydrogen (secondary N) is 1. The van der Waals surface area contributed by atoms with Gasteiger partial charge in [-0.2, -0.15) is 0 Å². The van der Waals surface area contributed by atoms with Crippen molar-refractivity contribution < 1.29 is 14.4 Å². The zero-order chi connectivity index (χ0) is 16.7. The van der Waals surface area contributed by atoms with Crippen molar-refractivity contribution in [1.29, 1.82) is 0 Å². The maximum absolute atomic E-state index is 12.1. The molecule has 1 aliphatic heterocycles. The number of hydrogen-bond acceptors (Lipinski definition) is 4. The third kappa shape index (κ3) is 2.35. The van der Waals surface area contributed by atoms with Gasteiger partial charge in [-0.3, -0.25) is 20.0 Å². The number of carbonyl (C=O) groups is 3. The first-order valence-electron chi connectivity index (χ1n) is 8.10. The van der Waals surface area contributed by atoms with Crippen molar-refractivity contribution in [2.75, 3.05) is 11.4 Å². The first-order valence-corrected chi connectivity index (χ1v) is 8.10. The van der Waals surface area contributed by atoms with Crippen LogP contribution in [0.15, 0.2) is 30.6 Å². The van der Waals surface area contributed by atoms with Crippen LogP contribution in [0.4, 0.5) is 10.5 Å². The molecule has 1 aromatic carbocycles. The number of rotatable bonds is 3. The van der Waals surface area contributed by atoms with E-state index in [1.54, 1.807) is 11.1 Å². The number of hydrogen-bond donors (Lipinski definition) is 1. The SMILES string of the molecule is O=C[C@H]1C[C@@H](c2cccc3c(N4CCC(=O)NC4=O)cncc32)C1. The molecule has 2 fully saturated rings. The summed E-state index contributed by atoms with van der Waals surface area (Å²) in [6.45, 7) is 0.354. The molecule has 0 atom stereocenters. The molecule has 122 valence electrons. The van der Waals surface area contributed by atoms with Crippen LogP contribution in [0.25, 0.3) is 10.8 Å². The molecule has 1 saturated carbocycles. The molecule has 0 unspecified atom stereocenters. The van der Waals surface area contributed by atoms with Gasteiger partial charge in [0.1, 0.15) is 6.29 Å². The number of imide groups is 1. The monoisotopic (exact) mass is 323 g/mol. The highest BCUT2D eigenvalue weighted by atomic mass is 16.2. The fourth-order valence-electron chi connectivity index (χ4n) is 3.59. The zero-order valence-corrected chi connectivity index (χ0v) is 13.1. The molecule has 4 rings (SSSR count). The van der Waals surface area contributed by atoms with Gasteiger partial charge < -0.3 is 4.79 Å². The number of carbonyl (C=O) groups excluding carboxylic acids is 3. The molecule has 24 heavy (non-hydrogen) atoms. The van der Waals surface area contributed by atoms with E-state index in [0.717, 1.165) is 29.9 Å². The average molecular weight is 323 g/mol. The van der Waals surface area contributed by atoms with E-state index in [-0.39, 0.29) is 18.2 Å². The lowest BCUT2D eigenvalue weighted by molar-refractivity contribution is -0.120. The number of urea groups is 1. The van der Waals surface area contributed by atoms with Crippen molar-refractivity contribution >= 4 is 34.7 Å². The van der Waals surface area contributed by atoms with Crippen LogP contribution in [-0.2, 0) is 9.59 Å². The van der Waals surface area contributed by atoms with E-state index >= 15 is 0 Å².